The summed E-state index contributed by atoms with van der Waals surface area (Å²) in [6.07, 6.45) is 0. The summed E-state index contributed by atoms with van der Waals surface area (Å²) in [5.74, 6) is 0.920. The van der Waals surface area contributed by atoms with Gasteiger partial charge in [0.05, 0.1) is 17.6 Å². The van der Waals surface area contributed by atoms with Crippen molar-refractivity contribution in [2.24, 2.45) is 0 Å². The van der Waals surface area contributed by atoms with Crippen LogP contribution in [0.25, 0.3) is 33.0 Å². The van der Waals surface area contributed by atoms with Crippen molar-refractivity contribution in [2.75, 3.05) is 0 Å². The first-order chi connectivity index (χ1) is 12.2. The summed E-state index contributed by atoms with van der Waals surface area (Å²) in [6, 6.07) is 22.3. The van der Waals surface area contributed by atoms with Gasteiger partial charge >= 0.3 is 0 Å². The second-order valence-electron chi connectivity index (χ2n) is 6.26. The van der Waals surface area contributed by atoms with E-state index in [0.29, 0.717) is 5.69 Å². The highest BCUT2D eigenvalue weighted by molar-refractivity contribution is 5.83. The van der Waals surface area contributed by atoms with Crippen LogP contribution in [0.2, 0.25) is 0 Å². The van der Waals surface area contributed by atoms with E-state index >= 15 is 0 Å². The van der Waals surface area contributed by atoms with Gasteiger partial charge in [0.15, 0.2) is 5.69 Å². The molecule has 0 aliphatic heterocycles. The summed E-state index contributed by atoms with van der Waals surface area (Å²) in [5.41, 5.74) is 7.21. The molecule has 0 fully saturated rings. The van der Waals surface area contributed by atoms with Gasteiger partial charge in [0, 0.05) is 11.3 Å². The van der Waals surface area contributed by atoms with Gasteiger partial charge in [-0.05, 0) is 50.2 Å². The van der Waals surface area contributed by atoms with E-state index in [9.17, 15) is 0 Å². The molecular weight excluding hydrogens is 306 g/mol. The second kappa shape index (κ2) is 5.92. The van der Waals surface area contributed by atoms with Crippen molar-refractivity contribution >= 4 is 16.7 Å². The average molecular weight is 323 g/mol. The predicted octanol–water partition coefficient (Wildman–Crippen LogP) is 5.86. The van der Waals surface area contributed by atoms with Gasteiger partial charge in [0.1, 0.15) is 5.82 Å². The second-order valence-corrected chi connectivity index (χ2v) is 6.26. The number of rotatable bonds is 2. The Morgan fingerprint density at radius 3 is 2.24 bits per heavy atom. The summed E-state index contributed by atoms with van der Waals surface area (Å²) in [6.45, 7) is 11.4. The van der Waals surface area contributed by atoms with E-state index in [2.05, 4.69) is 47.5 Å². The van der Waals surface area contributed by atoms with E-state index in [4.69, 9.17) is 11.6 Å². The Morgan fingerprint density at radius 2 is 1.56 bits per heavy atom. The monoisotopic (exact) mass is 323 g/mol. The molecule has 1 heterocycles. The fourth-order valence-corrected chi connectivity index (χ4v) is 3.26. The third kappa shape index (κ3) is 2.68. The van der Waals surface area contributed by atoms with Crippen molar-refractivity contribution in [3.05, 3.63) is 89.3 Å². The number of benzene rings is 3. The molecule has 4 rings (SSSR count). The van der Waals surface area contributed by atoms with Gasteiger partial charge in [-0.1, -0.05) is 41.5 Å². The topological polar surface area (TPSA) is 22.2 Å². The number of para-hydroxylation sites is 2. The summed E-state index contributed by atoms with van der Waals surface area (Å²) < 4.78 is 2.16. The molecular formula is C22H17N3. The maximum Gasteiger partial charge on any atom is 0.187 e. The van der Waals surface area contributed by atoms with Crippen LogP contribution in [0.5, 0.6) is 0 Å². The summed E-state index contributed by atoms with van der Waals surface area (Å²) in [7, 11) is 0. The lowest BCUT2D eigenvalue weighted by atomic mass is 10.1. The van der Waals surface area contributed by atoms with Crippen LogP contribution in [0.3, 0.4) is 0 Å². The highest BCUT2D eigenvalue weighted by atomic mass is 15.1. The van der Waals surface area contributed by atoms with Gasteiger partial charge in [-0.2, -0.15) is 0 Å². The number of aryl methyl sites for hydroxylation is 2. The molecule has 0 amide bonds. The van der Waals surface area contributed by atoms with Crippen molar-refractivity contribution in [1.82, 2.24) is 9.55 Å². The number of fused-ring (bicyclic) bond motifs is 1. The Bertz CT molecular complexity index is 1090. The van der Waals surface area contributed by atoms with Gasteiger partial charge in [-0.25, -0.2) is 9.83 Å². The molecule has 0 unspecified atom stereocenters. The van der Waals surface area contributed by atoms with Crippen LogP contribution >= 0.6 is 0 Å². The van der Waals surface area contributed by atoms with Crippen molar-refractivity contribution < 1.29 is 0 Å². The van der Waals surface area contributed by atoms with Crippen molar-refractivity contribution in [3.8, 4) is 17.1 Å². The van der Waals surface area contributed by atoms with E-state index < -0.39 is 0 Å². The van der Waals surface area contributed by atoms with E-state index in [1.807, 2.05) is 42.5 Å². The lowest BCUT2D eigenvalue weighted by Crippen LogP contribution is -1.98. The number of nitrogens with zero attached hydrogens (tertiary/aromatic N) is 3. The van der Waals surface area contributed by atoms with Gasteiger partial charge in [0.25, 0.3) is 0 Å². The predicted molar refractivity (Wildman–Crippen MR) is 102 cm³/mol. The first-order valence-corrected chi connectivity index (χ1v) is 8.20. The third-order valence-corrected chi connectivity index (χ3v) is 4.28. The largest absolute Gasteiger partial charge is 0.292 e. The highest BCUT2D eigenvalue weighted by Crippen LogP contribution is 2.30. The van der Waals surface area contributed by atoms with Crippen LogP contribution in [0, 0.1) is 20.4 Å². The molecule has 0 aliphatic carbocycles. The van der Waals surface area contributed by atoms with Crippen LogP contribution in [0.4, 0.5) is 5.69 Å². The molecule has 4 aromatic rings. The third-order valence-electron chi connectivity index (χ3n) is 4.28. The molecule has 0 spiro atoms. The molecule has 0 aliphatic rings. The number of hydrogen-bond donors (Lipinski definition) is 0. The molecule has 3 nitrogen and oxygen atoms in total. The van der Waals surface area contributed by atoms with Crippen LogP contribution in [-0.4, -0.2) is 9.55 Å². The zero-order valence-electron chi connectivity index (χ0n) is 14.2. The molecule has 120 valence electrons. The van der Waals surface area contributed by atoms with E-state index in [-0.39, 0.29) is 0 Å². The minimum absolute atomic E-state index is 0.640. The standard InChI is InChI=1S/C22H17N3/c1-15-12-16(2)14-17(13-15)22-24-20-6-4-5-7-21(20)25(22)19-10-8-18(23-3)9-11-19/h4-14H,1-2H3. The molecule has 3 aromatic carbocycles. The zero-order valence-corrected chi connectivity index (χ0v) is 14.2. The summed E-state index contributed by atoms with van der Waals surface area (Å²) in [5, 5.41) is 0. The first kappa shape index (κ1) is 15.2. The van der Waals surface area contributed by atoms with Crippen LogP contribution in [0.1, 0.15) is 11.1 Å². The summed E-state index contributed by atoms with van der Waals surface area (Å²) in [4.78, 5) is 8.37. The van der Waals surface area contributed by atoms with Crippen LogP contribution in [-0.2, 0) is 0 Å². The van der Waals surface area contributed by atoms with Crippen molar-refractivity contribution in [3.63, 3.8) is 0 Å². The number of hydrogen-bond acceptors (Lipinski definition) is 1. The van der Waals surface area contributed by atoms with E-state index in [1.165, 1.54) is 11.1 Å². The summed E-state index contributed by atoms with van der Waals surface area (Å²) >= 11 is 0. The van der Waals surface area contributed by atoms with Crippen LogP contribution < -0.4 is 0 Å². The zero-order chi connectivity index (χ0) is 17.4. The number of imidazole rings is 1. The Morgan fingerprint density at radius 1 is 0.880 bits per heavy atom. The Kier molecular flexibility index (Phi) is 3.59. The maximum atomic E-state index is 7.15. The van der Waals surface area contributed by atoms with E-state index in [0.717, 1.165) is 28.1 Å². The lowest BCUT2D eigenvalue weighted by molar-refractivity contribution is 1.10. The lowest BCUT2D eigenvalue weighted by Gasteiger charge is -2.11. The number of aromatic nitrogens is 2. The van der Waals surface area contributed by atoms with E-state index in [1.54, 1.807) is 0 Å². The molecule has 0 saturated carbocycles. The molecule has 0 radical (unpaired) electrons. The Balaban J connectivity index is 2.02. The molecule has 0 N–H and O–H groups in total. The fraction of sp³-hybridized carbons (Fsp3) is 0.0909. The van der Waals surface area contributed by atoms with Gasteiger partial charge in [0.2, 0.25) is 0 Å². The van der Waals surface area contributed by atoms with Gasteiger partial charge in [-0.3, -0.25) is 4.57 Å². The Labute approximate surface area is 147 Å². The molecule has 0 atom stereocenters. The smallest absolute Gasteiger partial charge is 0.187 e. The van der Waals surface area contributed by atoms with Gasteiger partial charge < -0.3 is 0 Å². The molecule has 1 aromatic heterocycles. The van der Waals surface area contributed by atoms with Gasteiger partial charge in [-0.15, -0.1) is 0 Å². The Hall–Kier alpha value is -3.38. The van der Waals surface area contributed by atoms with Crippen molar-refractivity contribution in [2.45, 2.75) is 13.8 Å². The minimum Gasteiger partial charge on any atom is -0.292 e. The highest BCUT2D eigenvalue weighted by Gasteiger charge is 2.14. The molecule has 25 heavy (non-hydrogen) atoms. The quantitative estimate of drug-likeness (QED) is 0.423. The normalized spacial score (nSPS) is 10.8. The molecule has 0 saturated heterocycles. The SMILES string of the molecule is [C-]#[N+]c1ccc(-n2c(-c3cc(C)cc(C)c3)nc3ccccc32)cc1. The fourth-order valence-electron chi connectivity index (χ4n) is 3.26. The first-order valence-electron chi connectivity index (χ1n) is 8.20. The van der Waals surface area contributed by atoms with Crippen LogP contribution in [0.15, 0.2) is 66.7 Å². The molecule has 3 heteroatoms. The average Bonchev–Trinajstić information content (AvgIpc) is 3.00. The maximum absolute atomic E-state index is 7.15. The molecule has 0 bridgehead atoms. The van der Waals surface area contributed by atoms with Crippen molar-refractivity contribution in [1.29, 1.82) is 0 Å². The minimum atomic E-state index is 0.640.